The lowest BCUT2D eigenvalue weighted by atomic mass is 9.53. The number of nitrogens with one attached hydrogen (secondary N) is 1. The van der Waals surface area contributed by atoms with E-state index in [0.717, 1.165) is 48.9 Å². The number of rotatable bonds is 5. The van der Waals surface area contributed by atoms with Crippen molar-refractivity contribution in [1.29, 1.82) is 0 Å². The highest BCUT2D eigenvalue weighted by molar-refractivity contribution is 9.11. The molecule has 5 N–H and O–H groups in total. The third kappa shape index (κ3) is 2.02. The Morgan fingerprint density at radius 3 is 2.48 bits per heavy atom. The third-order valence-corrected chi connectivity index (χ3v) is 9.77. The van der Waals surface area contributed by atoms with Gasteiger partial charge in [-0.25, -0.2) is 4.98 Å². The Kier molecular flexibility index (Phi) is 3.86. The number of aromatic nitrogens is 1. The second-order valence-corrected chi connectivity index (χ2v) is 11.3. The van der Waals surface area contributed by atoms with E-state index in [0.29, 0.717) is 11.4 Å². The van der Waals surface area contributed by atoms with Crippen LogP contribution in [0.15, 0.2) is 9.98 Å². The molecule has 1 spiro atoms. The molecule has 6 nitrogen and oxygen atoms in total. The number of carbonyl (C=O) groups is 2. The highest BCUT2D eigenvalue weighted by Crippen LogP contribution is 2.83. The summed E-state index contributed by atoms with van der Waals surface area (Å²) in [7, 11) is 0. The van der Waals surface area contributed by atoms with Crippen molar-refractivity contribution in [3.63, 3.8) is 0 Å². The molecule has 5 atom stereocenters. The molecule has 4 aliphatic rings. The lowest BCUT2D eigenvalue weighted by Crippen LogP contribution is -2.64. The Hall–Kier alpha value is -0.990. The van der Waals surface area contributed by atoms with Crippen molar-refractivity contribution < 1.29 is 9.59 Å². The fourth-order valence-corrected chi connectivity index (χ4v) is 8.87. The van der Waals surface area contributed by atoms with Crippen molar-refractivity contribution in [1.82, 2.24) is 10.3 Å². The summed E-state index contributed by atoms with van der Waals surface area (Å²) in [6, 6.07) is 0.203. The topological polar surface area (TPSA) is 111 Å². The molecule has 2 bridgehead atoms. The summed E-state index contributed by atoms with van der Waals surface area (Å²) < 4.78 is 0.850. The van der Waals surface area contributed by atoms with Gasteiger partial charge in [-0.2, -0.15) is 0 Å². The first-order valence-electron chi connectivity index (χ1n) is 9.84. The van der Waals surface area contributed by atoms with E-state index in [4.69, 9.17) is 11.5 Å². The van der Waals surface area contributed by atoms with Crippen LogP contribution in [0.4, 0.5) is 0 Å². The van der Waals surface area contributed by atoms with Gasteiger partial charge in [0, 0.05) is 6.04 Å². The predicted molar refractivity (Wildman–Crippen MR) is 106 cm³/mol. The van der Waals surface area contributed by atoms with E-state index in [1.165, 1.54) is 11.3 Å². The van der Waals surface area contributed by atoms with E-state index in [9.17, 15) is 9.59 Å². The van der Waals surface area contributed by atoms with Crippen molar-refractivity contribution in [2.75, 3.05) is 6.54 Å². The Bertz CT molecular complexity index is 818. The number of carbonyl (C=O) groups excluding carboxylic acids is 2. The van der Waals surface area contributed by atoms with Crippen LogP contribution in [0.25, 0.3) is 0 Å². The molecule has 8 heteroatoms. The molecule has 2 heterocycles. The molecule has 1 aromatic rings. The molecular weight excluding hydrogens is 428 g/mol. The fourth-order valence-electron chi connectivity index (χ4n) is 7.33. The number of thiazole rings is 1. The first-order chi connectivity index (χ1) is 12.9. The SMILES string of the molecule is NC(=O)[C@]1(CC2CCCN2)[C@@H]2CC[C@@H](C23CC3)[C@@]1(C(N)=O)c1ncc(Br)s1. The molecule has 1 saturated heterocycles. The summed E-state index contributed by atoms with van der Waals surface area (Å²) in [4.78, 5) is 31.1. The monoisotopic (exact) mass is 452 g/mol. The average molecular weight is 453 g/mol. The van der Waals surface area contributed by atoms with Gasteiger partial charge in [0.25, 0.3) is 0 Å². The molecule has 27 heavy (non-hydrogen) atoms. The van der Waals surface area contributed by atoms with Crippen LogP contribution in [-0.2, 0) is 15.0 Å². The van der Waals surface area contributed by atoms with Gasteiger partial charge in [-0.3, -0.25) is 9.59 Å². The summed E-state index contributed by atoms with van der Waals surface area (Å²) in [5.41, 5.74) is 10.4. The zero-order valence-electron chi connectivity index (χ0n) is 15.2. The van der Waals surface area contributed by atoms with Crippen LogP contribution in [0.2, 0.25) is 0 Å². The van der Waals surface area contributed by atoms with E-state index in [1.54, 1.807) is 6.20 Å². The minimum absolute atomic E-state index is 0.0425. The van der Waals surface area contributed by atoms with Gasteiger partial charge in [0.2, 0.25) is 11.8 Å². The van der Waals surface area contributed by atoms with Gasteiger partial charge < -0.3 is 16.8 Å². The van der Waals surface area contributed by atoms with E-state index in [1.807, 2.05) is 0 Å². The van der Waals surface area contributed by atoms with Crippen molar-refractivity contribution >= 4 is 39.1 Å². The van der Waals surface area contributed by atoms with E-state index in [-0.39, 0.29) is 29.2 Å². The number of hydrogen-bond donors (Lipinski definition) is 3. The number of primary amides is 2. The van der Waals surface area contributed by atoms with Gasteiger partial charge in [0.15, 0.2) is 0 Å². The molecular formula is C19H25BrN4O2S. The molecule has 3 aliphatic carbocycles. The molecule has 146 valence electrons. The summed E-state index contributed by atoms with van der Waals surface area (Å²) >= 11 is 4.92. The fraction of sp³-hybridized carbons (Fsp3) is 0.737. The normalized spacial score (nSPS) is 41.3. The molecule has 5 rings (SSSR count). The van der Waals surface area contributed by atoms with Crippen LogP contribution in [0.1, 0.15) is 50.0 Å². The first-order valence-corrected chi connectivity index (χ1v) is 11.5. The maximum atomic E-state index is 13.3. The lowest BCUT2D eigenvalue weighted by molar-refractivity contribution is -0.147. The molecule has 4 fully saturated rings. The standard InChI is InChI=1S/C19H25BrN4O2S/c20-13-9-24-16(27-13)19(15(22)26)12-4-3-11(17(12)5-6-17)18(19,14(21)25)8-10-2-1-7-23-10/h9-12,23H,1-8H2,(H2,21,25)(H2,22,26)/t10?,11-,12+,18+,19-/m1/s1. The van der Waals surface area contributed by atoms with Gasteiger partial charge in [0.1, 0.15) is 10.4 Å². The molecule has 1 aliphatic heterocycles. The number of nitrogens with two attached hydrogens (primary N) is 2. The van der Waals surface area contributed by atoms with Gasteiger partial charge in [0.05, 0.1) is 15.4 Å². The third-order valence-electron chi connectivity index (χ3n) is 8.15. The molecule has 1 aromatic heterocycles. The number of amides is 2. The largest absolute Gasteiger partial charge is 0.369 e. The quantitative estimate of drug-likeness (QED) is 0.634. The van der Waals surface area contributed by atoms with Crippen LogP contribution >= 0.6 is 27.3 Å². The Morgan fingerprint density at radius 2 is 1.96 bits per heavy atom. The van der Waals surface area contributed by atoms with Crippen molar-refractivity contribution in [2.45, 2.75) is 56.4 Å². The highest BCUT2D eigenvalue weighted by atomic mass is 79.9. The van der Waals surface area contributed by atoms with Gasteiger partial charge in [-0.1, -0.05) is 0 Å². The second kappa shape index (κ2) is 5.76. The van der Waals surface area contributed by atoms with Crippen molar-refractivity contribution in [3.8, 4) is 0 Å². The summed E-state index contributed by atoms with van der Waals surface area (Å²) in [6.45, 7) is 0.950. The summed E-state index contributed by atoms with van der Waals surface area (Å²) in [5.74, 6) is -0.580. The van der Waals surface area contributed by atoms with Crippen LogP contribution in [-0.4, -0.2) is 29.4 Å². The molecule has 0 radical (unpaired) electrons. The first kappa shape index (κ1) is 18.1. The van der Waals surface area contributed by atoms with Crippen LogP contribution in [0.5, 0.6) is 0 Å². The predicted octanol–water partition coefficient (Wildman–Crippen LogP) is 2.06. The van der Waals surface area contributed by atoms with Gasteiger partial charge in [-0.15, -0.1) is 11.3 Å². The maximum Gasteiger partial charge on any atom is 0.231 e. The zero-order valence-corrected chi connectivity index (χ0v) is 17.6. The number of halogens is 1. The highest BCUT2D eigenvalue weighted by Gasteiger charge is 2.85. The molecule has 1 unspecified atom stereocenters. The molecule has 0 aromatic carbocycles. The van der Waals surface area contributed by atoms with Crippen LogP contribution in [0.3, 0.4) is 0 Å². The Labute approximate surface area is 171 Å². The molecule has 2 amide bonds. The van der Waals surface area contributed by atoms with E-state index < -0.39 is 16.7 Å². The minimum Gasteiger partial charge on any atom is -0.369 e. The minimum atomic E-state index is -1.08. The number of nitrogens with zero attached hydrogens (tertiary/aromatic N) is 1. The van der Waals surface area contributed by atoms with Crippen molar-refractivity contribution in [3.05, 3.63) is 15.0 Å². The van der Waals surface area contributed by atoms with Gasteiger partial charge >= 0.3 is 0 Å². The maximum absolute atomic E-state index is 13.3. The second-order valence-electron chi connectivity index (χ2n) is 8.89. The Morgan fingerprint density at radius 1 is 1.22 bits per heavy atom. The number of hydrogen-bond acceptors (Lipinski definition) is 5. The summed E-state index contributed by atoms with van der Waals surface area (Å²) in [5, 5.41) is 4.20. The zero-order chi connectivity index (χ0) is 19.0. The Balaban J connectivity index is 1.77. The van der Waals surface area contributed by atoms with E-state index in [2.05, 4.69) is 26.2 Å². The van der Waals surface area contributed by atoms with Crippen molar-refractivity contribution in [2.24, 2.45) is 34.1 Å². The average Bonchev–Trinajstić information content (AvgIpc) is 2.94. The lowest BCUT2D eigenvalue weighted by Gasteiger charge is -2.49. The van der Waals surface area contributed by atoms with Gasteiger partial charge in [-0.05, 0) is 84.7 Å². The van der Waals surface area contributed by atoms with E-state index >= 15 is 0 Å². The smallest absolute Gasteiger partial charge is 0.231 e. The summed E-state index contributed by atoms with van der Waals surface area (Å²) in [6.07, 6.45) is 8.43. The van der Waals surface area contributed by atoms with Crippen LogP contribution < -0.4 is 16.8 Å². The molecule has 3 saturated carbocycles. The van der Waals surface area contributed by atoms with Crippen LogP contribution in [0, 0.1) is 22.7 Å².